The van der Waals surface area contributed by atoms with Gasteiger partial charge in [0, 0.05) is 12.5 Å². The van der Waals surface area contributed by atoms with Crippen LogP contribution in [0.2, 0.25) is 0 Å². The molecule has 0 aromatic heterocycles. The average molecular weight is 350 g/mol. The first-order valence-corrected chi connectivity index (χ1v) is 8.40. The van der Waals surface area contributed by atoms with Crippen molar-refractivity contribution < 1.29 is 23.9 Å². The number of benzene rings is 1. The van der Waals surface area contributed by atoms with Crippen LogP contribution in [0.25, 0.3) is 0 Å². The van der Waals surface area contributed by atoms with Crippen LogP contribution in [-0.4, -0.2) is 28.4 Å². The Bertz CT molecular complexity index is 682. The van der Waals surface area contributed by atoms with E-state index in [-0.39, 0.29) is 11.3 Å². The molecule has 0 unspecified atom stereocenters. The lowest BCUT2D eigenvalue weighted by Crippen LogP contribution is -2.56. The molecule has 2 rings (SSSR count). The molecule has 1 saturated carbocycles. The molecule has 0 atom stereocenters. The lowest BCUT2D eigenvalue weighted by atomic mass is 9.75. The van der Waals surface area contributed by atoms with Gasteiger partial charge in [-0.15, -0.1) is 0 Å². The lowest BCUT2D eigenvalue weighted by Gasteiger charge is -2.37. The molecular weight excluding hydrogens is 327 g/mol. The molecule has 0 heterocycles. The number of carboxylic acids is 1. The average Bonchev–Trinajstić information content (AvgIpc) is 2.56. The summed E-state index contributed by atoms with van der Waals surface area (Å²) in [6.07, 6.45) is 3.20. The Morgan fingerprint density at radius 3 is 2.44 bits per heavy atom. The number of carbonyl (C=O) groups is 3. The van der Waals surface area contributed by atoms with E-state index in [0.29, 0.717) is 18.8 Å². The number of amides is 2. The van der Waals surface area contributed by atoms with Crippen molar-refractivity contribution in [1.29, 1.82) is 0 Å². The number of halogens is 1. The fourth-order valence-corrected chi connectivity index (χ4v) is 3.21. The van der Waals surface area contributed by atoms with Crippen LogP contribution in [0.5, 0.6) is 0 Å². The molecule has 1 aliphatic rings. The molecule has 1 aromatic rings. The fourth-order valence-electron chi connectivity index (χ4n) is 3.21. The van der Waals surface area contributed by atoms with Crippen molar-refractivity contribution in [2.24, 2.45) is 5.92 Å². The summed E-state index contributed by atoms with van der Waals surface area (Å²) in [6.45, 7) is 3.30. The minimum atomic E-state index is -1.30. The highest BCUT2D eigenvalue weighted by Crippen LogP contribution is 2.34. The minimum absolute atomic E-state index is 0.100. The molecule has 0 aliphatic heterocycles. The van der Waals surface area contributed by atoms with E-state index in [1.165, 1.54) is 19.1 Å². The van der Waals surface area contributed by atoms with E-state index in [1.54, 1.807) is 0 Å². The van der Waals surface area contributed by atoms with Gasteiger partial charge >= 0.3 is 5.97 Å². The maximum Gasteiger partial charge on any atom is 0.329 e. The highest BCUT2D eigenvalue weighted by Gasteiger charge is 2.43. The topological polar surface area (TPSA) is 95.5 Å². The van der Waals surface area contributed by atoms with Crippen molar-refractivity contribution in [3.8, 4) is 0 Å². The number of nitrogens with one attached hydrogen (secondary N) is 2. The largest absolute Gasteiger partial charge is 0.480 e. The predicted octanol–water partition coefficient (Wildman–Crippen LogP) is 2.94. The molecular formula is C18H23FN2O4. The maximum absolute atomic E-state index is 13.7. The second-order valence-electron chi connectivity index (χ2n) is 6.57. The number of carbonyl (C=O) groups excluding carboxylic acids is 2. The number of carboxylic acid groups (broad SMARTS) is 1. The van der Waals surface area contributed by atoms with Gasteiger partial charge in [-0.25, -0.2) is 9.18 Å². The summed E-state index contributed by atoms with van der Waals surface area (Å²) in [4.78, 5) is 35.4. The summed E-state index contributed by atoms with van der Waals surface area (Å²) in [7, 11) is 0. The summed E-state index contributed by atoms with van der Waals surface area (Å²) in [5.74, 6) is -2.30. The second-order valence-corrected chi connectivity index (χ2v) is 6.57. The van der Waals surface area contributed by atoms with Crippen molar-refractivity contribution in [3.63, 3.8) is 0 Å². The summed E-state index contributed by atoms with van der Waals surface area (Å²) < 4.78 is 13.7. The first kappa shape index (κ1) is 18.9. The summed E-state index contributed by atoms with van der Waals surface area (Å²) in [6, 6.07) is 3.55. The van der Waals surface area contributed by atoms with E-state index in [9.17, 15) is 23.9 Å². The Balaban J connectivity index is 2.19. The SMILES string of the molecule is CCC1CCC(NC(=O)c2ccc(F)c(NC(C)=O)c2)(C(=O)O)CC1. The van der Waals surface area contributed by atoms with Crippen LogP contribution in [0.4, 0.5) is 10.1 Å². The fraction of sp³-hybridized carbons (Fsp3) is 0.500. The molecule has 0 saturated heterocycles. The van der Waals surface area contributed by atoms with Crippen LogP contribution in [-0.2, 0) is 9.59 Å². The van der Waals surface area contributed by atoms with Gasteiger partial charge in [0.05, 0.1) is 5.69 Å². The molecule has 0 bridgehead atoms. The number of hydrogen-bond acceptors (Lipinski definition) is 3. The predicted molar refractivity (Wildman–Crippen MR) is 90.8 cm³/mol. The summed E-state index contributed by atoms with van der Waals surface area (Å²) in [5.41, 5.74) is -1.31. The molecule has 25 heavy (non-hydrogen) atoms. The molecule has 6 nitrogen and oxygen atoms in total. The molecule has 1 fully saturated rings. The number of rotatable bonds is 5. The van der Waals surface area contributed by atoms with Crippen LogP contribution in [0.3, 0.4) is 0 Å². The Kier molecular flexibility index (Phi) is 5.77. The van der Waals surface area contributed by atoms with Crippen molar-refractivity contribution in [2.75, 3.05) is 5.32 Å². The van der Waals surface area contributed by atoms with Gasteiger partial charge in [-0.2, -0.15) is 0 Å². The van der Waals surface area contributed by atoms with Gasteiger partial charge in [0.2, 0.25) is 5.91 Å². The van der Waals surface area contributed by atoms with Crippen molar-refractivity contribution in [3.05, 3.63) is 29.6 Å². The Labute approximate surface area is 145 Å². The van der Waals surface area contributed by atoms with Gasteiger partial charge in [0.1, 0.15) is 11.4 Å². The third-order valence-corrected chi connectivity index (χ3v) is 4.84. The number of aliphatic carboxylic acids is 1. The molecule has 7 heteroatoms. The van der Waals surface area contributed by atoms with E-state index >= 15 is 0 Å². The van der Waals surface area contributed by atoms with Crippen LogP contribution in [0.15, 0.2) is 18.2 Å². The monoisotopic (exact) mass is 350 g/mol. The van der Waals surface area contributed by atoms with Crippen LogP contribution in [0, 0.1) is 11.7 Å². The summed E-state index contributed by atoms with van der Waals surface area (Å²) >= 11 is 0. The van der Waals surface area contributed by atoms with Crippen LogP contribution in [0.1, 0.15) is 56.3 Å². The molecule has 1 aromatic carbocycles. The van der Waals surface area contributed by atoms with E-state index in [4.69, 9.17) is 0 Å². The van der Waals surface area contributed by atoms with Crippen LogP contribution >= 0.6 is 0 Å². The Hall–Kier alpha value is -2.44. The van der Waals surface area contributed by atoms with E-state index in [1.807, 2.05) is 0 Å². The van der Waals surface area contributed by atoms with Gasteiger partial charge in [-0.1, -0.05) is 13.3 Å². The zero-order valence-corrected chi connectivity index (χ0v) is 14.4. The number of hydrogen-bond donors (Lipinski definition) is 3. The van der Waals surface area contributed by atoms with E-state index < -0.39 is 29.1 Å². The lowest BCUT2D eigenvalue weighted by molar-refractivity contribution is -0.146. The molecule has 136 valence electrons. The molecule has 2 amide bonds. The van der Waals surface area contributed by atoms with Crippen molar-refractivity contribution >= 4 is 23.5 Å². The third kappa shape index (κ3) is 4.35. The normalized spacial score (nSPS) is 22.9. The van der Waals surface area contributed by atoms with Gasteiger partial charge in [-0.05, 0) is 49.8 Å². The summed E-state index contributed by atoms with van der Waals surface area (Å²) in [5, 5.41) is 14.6. The zero-order valence-electron chi connectivity index (χ0n) is 14.4. The van der Waals surface area contributed by atoms with E-state index in [0.717, 1.165) is 25.3 Å². The van der Waals surface area contributed by atoms with E-state index in [2.05, 4.69) is 17.6 Å². The highest BCUT2D eigenvalue weighted by molar-refractivity contribution is 5.99. The third-order valence-electron chi connectivity index (χ3n) is 4.84. The molecule has 0 spiro atoms. The minimum Gasteiger partial charge on any atom is -0.480 e. The first-order valence-electron chi connectivity index (χ1n) is 8.40. The first-order chi connectivity index (χ1) is 11.8. The maximum atomic E-state index is 13.7. The highest BCUT2D eigenvalue weighted by atomic mass is 19.1. The number of anilines is 1. The second kappa shape index (κ2) is 7.63. The Morgan fingerprint density at radius 1 is 1.28 bits per heavy atom. The smallest absolute Gasteiger partial charge is 0.329 e. The quantitative estimate of drug-likeness (QED) is 0.761. The Morgan fingerprint density at radius 2 is 1.92 bits per heavy atom. The van der Waals surface area contributed by atoms with Gasteiger partial charge in [0.25, 0.3) is 5.91 Å². The van der Waals surface area contributed by atoms with Crippen LogP contribution < -0.4 is 10.6 Å². The van der Waals surface area contributed by atoms with Gasteiger partial charge in [-0.3, -0.25) is 9.59 Å². The molecule has 0 radical (unpaired) electrons. The van der Waals surface area contributed by atoms with Crippen molar-refractivity contribution in [2.45, 2.75) is 51.5 Å². The van der Waals surface area contributed by atoms with Gasteiger partial charge < -0.3 is 15.7 Å². The van der Waals surface area contributed by atoms with Crippen molar-refractivity contribution in [1.82, 2.24) is 5.32 Å². The van der Waals surface area contributed by atoms with Gasteiger partial charge in [0.15, 0.2) is 0 Å². The molecule has 1 aliphatic carbocycles. The molecule has 3 N–H and O–H groups in total. The standard InChI is InChI=1S/C18H23FN2O4/c1-3-12-6-8-18(9-7-12,17(24)25)21-16(23)13-4-5-14(19)15(10-13)20-11(2)22/h4-5,10,12H,3,6-9H2,1-2H3,(H,20,22)(H,21,23)(H,24,25). The zero-order chi connectivity index (χ0) is 18.6.